The minimum atomic E-state index is -4.29. The van der Waals surface area contributed by atoms with E-state index in [1.165, 1.54) is 14.2 Å². The molecular formula is C55H77N5O18S2+2. The number of benzene rings is 3. The quantitative estimate of drug-likeness (QED) is 0.00689. The molecule has 0 spiro atoms. The minimum Gasteiger partial charge on any atom is -0.490 e. The lowest BCUT2D eigenvalue weighted by Crippen LogP contribution is -2.48. The van der Waals surface area contributed by atoms with Gasteiger partial charge in [0.25, 0.3) is 38.0 Å². The molecule has 4 aromatic rings. The average molecular weight is 1160 g/mol. The van der Waals surface area contributed by atoms with Crippen LogP contribution in [0.2, 0.25) is 0 Å². The minimum absolute atomic E-state index is 0.000413. The van der Waals surface area contributed by atoms with Crippen molar-refractivity contribution in [2.24, 2.45) is 0 Å². The number of hydroxylamine groups is 2. The third-order valence-electron chi connectivity index (χ3n) is 13.6. The van der Waals surface area contributed by atoms with Crippen molar-refractivity contribution < 1.29 is 92.3 Å². The van der Waals surface area contributed by atoms with E-state index in [0.717, 1.165) is 12.8 Å². The SMILES string of the molecule is CCC(CC)Oc1ccc2c(c1)c(C(=O)Oc1c(C)cc(C(=O)NCCC[N+](C)(CCCNC(=O)CCCC(=O)ON3C(=O)CCC3=O)CCCS(=O)(=O)O)cc1C)c1cc(OC(COC)COC)ccc1[n+]2CCCS(=O)(=O)O. The lowest BCUT2D eigenvalue weighted by molar-refractivity contribution is -0.909. The molecule has 4 amide bonds. The van der Waals surface area contributed by atoms with Crippen LogP contribution in [0.5, 0.6) is 17.2 Å². The summed E-state index contributed by atoms with van der Waals surface area (Å²) in [6, 6.07) is 13.8. The van der Waals surface area contributed by atoms with Gasteiger partial charge in [-0.1, -0.05) is 13.8 Å². The van der Waals surface area contributed by atoms with Crippen molar-refractivity contribution in [2.75, 3.05) is 78.7 Å². The van der Waals surface area contributed by atoms with E-state index in [0.29, 0.717) is 92.0 Å². The Morgan fingerprint density at radius 3 is 1.74 bits per heavy atom. The topological polar surface area (TPSA) is 298 Å². The molecule has 440 valence electrons. The first-order chi connectivity index (χ1) is 37.9. The van der Waals surface area contributed by atoms with Crippen LogP contribution < -0.4 is 29.4 Å². The summed E-state index contributed by atoms with van der Waals surface area (Å²) in [6.45, 7) is 9.92. The van der Waals surface area contributed by atoms with Gasteiger partial charge in [0.2, 0.25) is 16.9 Å². The normalized spacial score (nSPS) is 13.8. The molecule has 0 saturated carbocycles. The number of rotatable bonds is 34. The molecule has 1 aliphatic heterocycles. The number of fused-ring (bicyclic) bond motifs is 2. The monoisotopic (exact) mass is 1160 g/mol. The second-order valence-electron chi connectivity index (χ2n) is 20.2. The zero-order valence-electron chi connectivity index (χ0n) is 46.7. The zero-order valence-corrected chi connectivity index (χ0v) is 48.3. The lowest BCUT2D eigenvalue weighted by Gasteiger charge is -2.35. The van der Waals surface area contributed by atoms with E-state index in [4.69, 9.17) is 28.5 Å². The van der Waals surface area contributed by atoms with Crippen LogP contribution in [-0.2, 0) is 60.3 Å². The maximum atomic E-state index is 15.0. The number of nitrogens with one attached hydrogen (secondary N) is 2. The van der Waals surface area contributed by atoms with Gasteiger partial charge in [-0.15, -0.1) is 5.06 Å². The molecule has 4 N–H and O–H groups in total. The Morgan fingerprint density at radius 1 is 0.700 bits per heavy atom. The number of pyridine rings is 1. The Kier molecular flexibility index (Phi) is 24.1. The maximum Gasteiger partial charge on any atom is 0.345 e. The van der Waals surface area contributed by atoms with Gasteiger partial charge < -0.3 is 43.6 Å². The van der Waals surface area contributed by atoms with Crippen molar-refractivity contribution in [1.29, 1.82) is 0 Å². The average Bonchev–Trinajstić information content (AvgIpc) is 3.72. The number of methoxy groups -OCH3 is 2. The number of quaternary nitrogens is 1. The number of nitrogens with zero attached hydrogens (tertiary/aromatic N) is 3. The van der Waals surface area contributed by atoms with Crippen LogP contribution in [0.25, 0.3) is 21.8 Å². The number of ether oxygens (including phenoxy) is 5. The maximum absolute atomic E-state index is 15.0. The highest BCUT2D eigenvalue weighted by molar-refractivity contribution is 7.86. The standard InChI is InChI=1S/C55H75N5O18S2/c1-8-40(9-2)75-41-17-19-46-44(33-41)52(45-34-42(76-43(35-73-6)36-74-7)18-20-47(45)58(46)25-13-29-79(67,68)69)55(66)77-53-37(3)31-39(32-38(53)4)54(65)57-24-12-27-60(5,28-14-30-80(70,71)72)26-11-23-56-48(61)15-10-16-51(64)78-59-49(62)21-22-50(59)63/h17-20,31-34,40,43H,8-16,21-30,35-36H2,1-7H3,(H2-2,56,57,61,65,67,68,69,70,71,72)/p+2. The van der Waals surface area contributed by atoms with Gasteiger partial charge in [-0.25, -0.2) is 9.59 Å². The van der Waals surface area contributed by atoms with Crippen LogP contribution in [0.4, 0.5) is 0 Å². The van der Waals surface area contributed by atoms with Crippen LogP contribution >= 0.6 is 0 Å². The fourth-order valence-electron chi connectivity index (χ4n) is 9.61. The zero-order chi connectivity index (χ0) is 58.8. The molecule has 5 rings (SSSR count). The molecule has 1 atom stereocenters. The predicted molar refractivity (Wildman–Crippen MR) is 294 cm³/mol. The second-order valence-corrected chi connectivity index (χ2v) is 23.3. The largest absolute Gasteiger partial charge is 0.490 e. The molecule has 25 heteroatoms. The summed E-state index contributed by atoms with van der Waals surface area (Å²) in [7, 11) is -3.51. The molecule has 1 fully saturated rings. The first kappa shape index (κ1) is 64.5. The molecule has 80 heavy (non-hydrogen) atoms. The number of hydrogen-bond donors (Lipinski definition) is 4. The molecular weight excluding hydrogens is 1080 g/mol. The molecule has 1 aromatic heterocycles. The van der Waals surface area contributed by atoms with E-state index in [1.54, 1.807) is 62.4 Å². The summed E-state index contributed by atoms with van der Waals surface area (Å²) in [5, 5.41) is 7.06. The molecule has 2 heterocycles. The second kappa shape index (κ2) is 29.9. The third-order valence-corrected chi connectivity index (χ3v) is 15.2. The van der Waals surface area contributed by atoms with Gasteiger partial charge in [-0.05, 0) is 80.6 Å². The van der Waals surface area contributed by atoms with Crippen molar-refractivity contribution in [3.63, 3.8) is 0 Å². The smallest absolute Gasteiger partial charge is 0.345 e. The highest BCUT2D eigenvalue weighted by Crippen LogP contribution is 2.34. The summed E-state index contributed by atoms with van der Waals surface area (Å²) in [6.07, 6.45) is 1.92. The van der Waals surface area contributed by atoms with E-state index in [-0.39, 0.29) is 107 Å². The Bertz CT molecular complexity index is 3050. The van der Waals surface area contributed by atoms with Crippen molar-refractivity contribution >= 4 is 77.6 Å². The van der Waals surface area contributed by atoms with Gasteiger partial charge in [-0.3, -0.25) is 28.3 Å². The van der Waals surface area contributed by atoms with E-state index in [9.17, 15) is 54.7 Å². The highest BCUT2D eigenvalue weighted by atomic mass is 32.2. The number of esters is 1. The Balaban J connectivity index is 1.31. The number of imide groups is 1. The number of carbonyl (C=O) groups is 6. The lowest BCUT2D eigenvalue weighted by atomic mass is 10.0. The van der Waals surface area contributed by atoms with Gasteiger partial charge in [-0.2, -0.15) is 21.4 Å². The summed E-state index contributed by atoms with van der Waals surface area (Å²) in [4.78, 5) is 81.5. The summed E-state index contributed by atoms with van der Waals surface area (Å²) < 4.78 is 97.8. The van der Waals surface area contributed by atoms with Gasteiger partial charge >= 0.3 is 11.9 Å². The first-order valence-corrected chi connectivity index (χ1v) is 30.0. The van der Waals surface area contributed by atoms with E-state index in [1.807, 2.05) is 25.5 Å². The van der Waals surface area contributed by atoms with Crippen LogP contribution in [0.3, 0.4) is 0 Å². The molecule has 3 aromatic carbocycles. The molecule has 0 bridgehead atoms. The highest BCUT2D eigenvalue weighted by Gasteiger charge is 2.33. The summed E-state index contributed by atoms with van der Waals surface area (Å²) in [5.41, 5.74) is 2.56. The predicted octanol–water partition coefficient (Wildman–Crippen LogP) is 5.13. The van der Waals surface area contributed by atoms with Crippen molar-refractivity contribution in [2.45, 2.75) is 117 Å². The van der Waals surface area contributed by atoms with Crippen molar-refractivity contribution in [3.8, 4) is 17.2 Å². The summed E-state index contributed by atoms with van der Waals surface area (Å²) >= 11 is 0. The Labute approximate surface area is 467 Å². The summed E-state index contributed by atoms with van der Waals surface area (Å²) in [5.74, 6) is -3.26. The molecule has 1 unspecified atom stereocenters. The van der Waals surface area contributed by atoms with Gasteiger partial charge in [0.1, 0.15) is 23.4 Å². The molecule has 23 nitrogen and oxygen atoms in total. The fourth-order valence-corrected chi connectivity index (χ4v) is 10.6. The van der Waals surface area contributed by atoms with Gasteiger partial charge in [0.15, 0.2) is 6.54 Å². The van der Waals surface area contributed by atoms with Gasteiger partial charge in [0, 0.05) is 96.4 Å². The third kappa shape index (κ3) is 19.4. The number of aromatic nitrogens is 1. The van der Waals surface area contributed by atoms with E-state index >= 15 is 0 Å². The Morgan fingerprint density at radius 2 is 1.21 bits per heavy atom. The first-order valence-electron chi connectivity index (χ1n) is 26.8. The molecule has 0 aliphatic carbocycles. The number of carbonyl (C=O) groups excluding carboxylic acids is 6. The van der Waals surface area contributed by atoms with E-state index in [2.05, 4.69) is 10.6 Å². The van der Waals surface area contributed by atoms with Crippen LogP contribution in [0.15, 0.2) is 48.5 Å². The fraction of sp³-hybridized carbons (Fsp3) is 0.545. The number of aryl methyl sites for hydroxylation is 3. The van der Waals surface area contributed by atoms with Crippen LogP contribution in [-0.4, -0.2) is 162 Å². The van der Waals surface area contributed by atoms with E-state index < -0.39 is 61.6 Å². The Hall–Kier alpha value is -6.35. The van der Waals surface area contributed by atoms with Crippen molar-refractivity contribution in [3.05, 3.63) is 70.8 Å². The molecule has 1 saturated heterocycles. The van der Waals surface area contributed by atoms with Gasteiger partial charge in [0.05, 0.1) is 73.8 Å². The molecule has 0 radical (unpaired) electrons. The van der Waals surface area contributed by atoms with Crippen molar-refractivity contribution in [1.82, 2.24) is 15.7 Å². The van der Waals surface area contributed by atoms with Crippen LogP contribution in [0, 0.1) is 13.8 Å². The number of amides is 4. The number of hydrogen-bond acceptors (Lipinski definition) is 16. The molecule has 1 aliphatic rings. The van der Waals surface area contributed by atoms with Crippen LogP contribution in [0.1, 0.15) is 116 Å².